The number of urea groups is 1. The topological polar surface area (TPSA) is 108 Å². The number of carbonyl (C=O) groups excluding carboxylic acids is 2. The fourth-order valence-electron chi connectivity index (χ4n) is 4.04. The number of nitrogens with one attached hydrogen (secondary N) is 3. The number of ether oxygens (including phenoxy) is 1. The summed E-state index contributed by atoms with van der Waals surface area (Å²) in [6, 6.07) is 9.63. The molecule has 3 heterocycles. The van der Waals surface area contributed by atoms with Crippen LogP contribution in [0.15, 0.2) is 42.7 Å². The molecule has 172 valence electrons. The fraction of sp³-hybridized carbons (Fsp3) is 0.333. The maximum Gasteiger partial charge on any atom is 0.407 e. The molecule has 1 aromatic carbocycles. The summed E-state index contributed by atoms with van der Waals surface area (Å²) in [5.74, 6) is 1.41. The van der Waals surface area contributed by atoms with Crippen LogP contribution in [-0.4, -0.2) is 48.8 Å². The van der Waals surface area contributed by atoms with Crippen molar-refractivity contribution < 1.29 is 14.3 Å². The van der Waals surface area contributed by atoms with Gasteiger partial charge in [0, 0.05) is 44.0 Å². The van der Waals surface area contributed by atoms with E-state index in [1.807, 2.05) is 37.4 Å². The second kappa shape index (κ2) is 10.2. The van der Waals surface area contributed by atoms with E-state index in [0.717, 1.165) is 46.4 Å². The predicted octanol–water partition coefficient (Wildman–Crippen LogP) is 3.89. The third kappa shape index (κ3) is 5.14. The highest BCUT2D eigenvalue weighted by Crippen LogP contribution is 2.33. The SMILES string of the molecule is CCNC(=O)Nc1cc2c(-c3ccnc(N4CCCC4)c3)ccc(CNC(=O)OC)c2cn1. The van der Waals surface area contributed by atoms with E-state index in [0.29, 0.717) is 18.9 Å². The molecule has 0 unspecified atom stereocenters. The number of rotatable bonds is 6. The van der Waals surface area contributed by atoms with Gasteiger partial charge in [0.25, 0.3) is 0 Å². The Balaban J connectivity index is 1.76. The van der Waals surface area contributed by atoms with E-state index >= 15 is 0 Å². The summed E-state index contributed by atoms with van der Waals surface area (Å²) < 4.78 is 4.69. The van der Waals surface area contributed by atoms with Crippen molar-refractivity contribution >= 4 is 34.5 Å². The van der Waals surface area contributed by atoms with Gasteiger partial charge >= 0.3 is 12.1 Å². The lowest BCUT2D eigenvalue weighted by Crippen LogP contribution is -2.28. The first-order valence-electron chi connectivity index (χ1n) is 11.1. The van der Waals surface area contributed by atoms with Gasteiger partial charge in [0.05, 0.1) is 7.11 Å². The maximum atomic E-state index is 12.0. The molecule has 3 aromatic rings. The van der Waals surface area contributed by atoms with E-state index in [1.54, 1.807) is 6.20 Å². The third-order valence-electron chi connectivity index (χ3n) is 5.67. The molecular weight excluding hydrogens is 420 g/mol. The van der Waals surface area contributed by atoms with Crippen LogP contribution >= 0.6 is 0 Å². The van der Waals surface area contributed by atoms with Gasteiger partial charge in [-0.2, -0.15) is 0 Å². The van der Waals surface area contributed by atoms with Gasteiger partial charge in [-0.3, -0.25) is 5.32 Å². The van der Waals surface area contributed by atoms with Gasteiger partial charge in [0.2, 0.25) is 0 Å². The smallest absolute Gasteiger partial charge is 0.407 e. The van der Waals surface area contributed by atoms with E-state index in [2.05, 4.69) is 36.9 Å². The van der Waals surface area contributed by atoms with Crippen molar-refractivity contribution in [1.29, 1.82) is 0 Å². The van der Waals surface area contributed by atoms with E-state index in [1.165, 1.54) is 20.0 Å². The lowest BCUT2D eigenvalue weighted by atomic mass is 9.96. The average molecular weight is 449 g/mol. The molecule has 3 amide bonds. The lowest BCUT2D eigenvalue weighted by Gasteiger charge is -2.18. The molecule has 0 radical (unpaired) electrons. The number of hydrogen-bond donors (Lipinski definition) is 3. The van der Waals surface area contributed by atoms with Gasteiger partial charge in [-0.25, -0.2) is 19.6 Å². The number of hydrogen-bond acceptors (Lipinski definition) is 6. The van der Waals surface area contributed by atoms with Crippen LogP contribution in [0.2, 0.25) is 0 Å². The molecule has 0 spiro atoms. The number of amides is 3. The van der Waals surface area contributed by atoms with Crippen molar-refractivity contribution in [3.05, 3.63) is 48.3 Å². The molecule has 0 atom stereocenters. The molecule has 1 aliphatic rings. The molecule has 2 aromatic heterocycles. The second-order valence-electron chi connectivity index (χ2n) is 7.81. The average Bonchev–Trinajstić information content (AvgIpc) is 3.37. The van der Waals surface area contributed by atoms with Crippen LogP contribution in [0.1, 0.15) is 25.3 Å². The first-order valence-corrected chi connectivity index (χ1v) is 11.1. The Morgan fingerprint density at radius 2 is 1.88 bits per heavy atom. The van der Waals surface area contributed by atoms with Crippen molar-refractivity contribution in [3.63, 3.8) is 0 Å². The van der Waals surface area contributed by atoms with Crippen molar-refractivity contribution in [3.8, 4) is 11.1 Å². The van der Waals surface area contributed by atoms with Gasteiger partial charge in [0.15, 0.2) is 0 Å². The summed E-state index contributed by atoms with van der Waals surface area (Å²) >= 11 is 0. The summed E-state index contributed by atoms with van der Waals surface area (Å²) in [4.78, 5) is 34.9. The molecular formula is C24H28N6O3. The molecule has 33 heavy (non-hydrogen) atoms. The maximum absolute atomic E-state index is 12.0. The molecule has 9 heteroatoms. The first kappa shape index (κ1) is 22.3. The standard InChI is InChI=1S/C24H28N6O3/c1-3-25-23(31)29-21-13-19-18(16-8-9-26-22(12-16)30-10-4-5-11-30)7-6-17(20(19)15-27-21)14-28-24(32)33-2/h6-9,12-13,15H,3-5,10-11,14H2,1-2H3,(H,28,32)(H2,25,27,29,31). The molecule has 1 saturated heterocycles. The largest absolute Gasteiger partial charge is 0.453 e. The molecule has 3 N–H and O–H groups in total. The van der Waals surface area contributed by atoms with Crippen LogP contribution in [-0.2, 0) is 11.3 Å². The van der Waals surface area contributed by atoms with E-state index in [-0.39, 0.29) is 6.03 Å². The molecule has 0 bridgehead atoms. The van der Waals surface area contributed by atoms with Gasteiger partial charge in [0.1, 0.15) is 11.6 Å². The quantitative estimate of drug-likeness (QED) is 0.528. The Hall–Kier alpha value is -3.88. The molecule has 4 rings (SSSR count). The van der Waals surface area contributed by atoms with Crippen LogP contribution in [0.25, 0.3) is 21.9 Å². The second-order valence-corrected chi connectivity index (χ2v) is 7.81. The highest BCUT2D eigenvalue weighted by atomic mass is 16.5. The summed E-state index contributed by atoms with van der Waals surface area (Å²) in [6.07, 6.45) is 5.40. The van der Waals surface area contributed by atoms with Gasteiger partial charge in [-0.15, -0.1) is 0 Å². The molecule has 9 nitrogen and oxygen atoms in total. The van der Waals surface area contributed by atoms with Crippen molar-refractivity contribution in [1.82, 2.24) is 20.6 Å². The van der Waals surface area contributed by atoms with Crippen molar-refractivity contribution in [2.75, 3.05) is 37.0 Å². The zero-order valence-electron chi connectivity index (χ0n) is 18.9. The number of nitrogens with zero attached hydrogens (tertiary/aromatic N) is 3. The number of benzene rings is 1. The summed E-state index contributed by atoms with van der Waals surface area (Å²) in [5.41, 5.74) is 2.92. The Morgan fingerprint density at radius 1 is 1.06 bits per heavy atom. The minimum absolute atomic E-state index is 0.295. The Bertz CT molecular complexity index is 1160. The number of alkyl carbamates (subject to hydrolysis) is 1. The van der Waals surface area contributed by atoms with E-state index in [4.69, 9.17) is 4.74 Å². The van der Waals surface area contributed by atoms with Crippen molar-refractivity contribution in [2.24, 2.45) is 0 Å². The summed E-state index contributed by atoms with van der Waals surface area (Å²) in [7, 11) is 1.33. The lowest BCUT2D eigenvalue weighted by molar-refractivity contribution is 0.170. The first-order chi connectivity index (χ1) is 16.1. The highest BCUT2D eigenvalue weighted by molar-refractivity contribution is 6.01. The van der Waals surface area contributed by atoms with E-state index < -0.39 is 6.09 Å². The number of carbonyl (C=O) groups is 2. The number of aromatic nitrogens is 2. The number of anilines is 2. The molecule has 1 fully saturated rings. The third-order valence-corrected chi connectivity index (χ3v) is 5.67. The summed E-state index contributed by atoms with van der Waals surface area (Å²) in [6.45, 7) is 4.70. The Labute approximate surface area is 192 Å². The van der Waals surface area contributed by atoms with Gasteiger partial charge in [-0.05, 0) is 60.0 Å². The van der Waals surface area contributed by atoms with Crippen LogP contribution < -0.4 is 20.9 Å². The highest BCUT2D eigenvalue weighted by Gasteiger charge is 2.16. The Kier molecular flexibility index (Phi) is 6.87. The number of fused-ring (bicyclic) bond motifs is 1. The van der Waals surface area contributed by atoms with Gasteiger partial charge in [-0.1, -0.05) is 12.1 Å². The van der Waals surface area contributed by atoms with Gasteiger partial charge < -0.3 is 20.3 Å². The Morgan fingerprint density at radius 3 is 2.64 bits per heavy atom. The molecule has 0 saturated carbocycles. The van der Waals surface area contributed by atoms with Crippen LogP contribution in [0.4, 0.5) is 21.2 Å². The monoisotopic (exact) mass is 448 g/mol. The van der Waals surface area contributed by atoms with E-state index in [9.17, 15) is 9.59 Å². The zero-order valence-corrected chi connectivity index (χ0v) is 18.9. The number of methoxy groups -OCH3 is 1. The van der Waals surface area contributed by atoms with Crippen LogP contribution in [0.5, 0.6) is 0 Å². The van der Waals surface area contributed by atoms with Crippen molar-refractivity contribution in [2.45, 2.75) is 26.3 Å². The zero-order chi connectivity index (χ0) is 23.2. The van der Waals surface area contributed by atoms with Crippen LogP contribution in [0.3, 0.4) is 0 Å². The minimum atomic E-state index is -0.501. The molecule has 1 aliphatic heterocycles. The fourth-order valence-corrected chi connectivity index (χ4v) is 4.04. The van der Waals surface area contributed by atoms with Crippen LogP contribution in [0, 0.1) is 0 Å². The normalized spacial score (nSPS) is 13.1. The molecule has 0 aliphatic carbocycles. The number of pyridine rings is 2. The summed E-state index contributed by atoms with van der Waals surface area (Å²) in [5, 5.41) is 10.0. The predicted molar refractivity (Wildman–Crippen MR) is 128 cm³/mol. The minimum Gasteiger partial charge on any atom is -0.453 e.